The van der Waals surface area contributed by atoms with E-state index in [1.165, 1.54) is 49.7 Å². The summed E-state index contributed by atoms with van der Waals surface area (Å²) in [5.74, 6) is 0.816. The third-order valence-electron chi connectivity index (χ3n) is 5.01. The van der Waals surface area contributed by atoms with Crippen LogP contribution in [0.1, 0.15) is 74.5 Å². The normalized spacial score (nSPS) is 25.1. The van der Waals surface area contributed by atoms with Crippen LogP contribution in [0.25, 0.3) is 0 Å². The molecule has 3 rings (SSSR count). The average Bonchev–Trinajstić information content (AvgIpc) is 2.45. The fraction of sp³-hybridized carbons (Fsp3) is 0.667. The van der Waals surface area contributed by atoms with Gasteiger partial charge in [-0.1, -0.05) is 30.7 Å². The van der Waals surface area contributed by atoms with Crippen molar-refractivity contribution in [1.29, 1.82) is 0 Å². The number of hydrogen-bond donors (Lipinski definition) is 1. The summed E-state index contributed by atoms with van der Waals surface area (Å²) >= 11 is 0. The van der Waals surface area contributed by atoms with Crippen molar-refractivity contribution in [2.24, 2.45) is 5.73 Å². The number of nitrogens with two attached hydrogens (primary N) is 1. The second-order valence-corrected chi connectivity index (χ2v) is 6.47. The van der Waals surface area contributed by atoms with Crippen LogP contribution in [0.3, 0.4) is 0 Å². The van der Waals surface area contributed by atoms with Crippen LogP contribution in [-0.4, -0.2) is 12.7 Å². The van der Waals surface area contributed by atoms with Gasteiger partial charge < -0.3 is 10.5 Å². The van der Waals surface area contributed by atoms with Crippen molar-refractivity contribution in [2.75, 3.05) is 6.61 Å². The molecule has 2 atom stereocenters. The van der Waals surface area contributed by atoms with Crippen molar-refractivity contribution >= 4 is 0 Å². The van der Waals surface area contributed by atoms with Crippen molar-refractivity contribution in [3.8, 4) is 0 Å². The molecule has 2 nitrogen and oxygen atoms in total. The molecule has 110 valence electrons. The monoisotopic (exact) mass is 273 g/mol. The van der Waals surface area contributed by atoms with E-state index in [9.17, 15) is 0 Å². The zero-order chi connectivity index (χ0) is 13.8. The zero-order valence-corrected chi connectivity index (χ0v) is 12.4. The molecule has 0 spiro atoms. The third-order valence-corrected chi connectivity index (χ3v) is 5.01. The summed E-state index contributed by atoms with van der Waals surface area (Å²) in [5, 5.41) is 0. The van der Waals surface area contributed by atoms with E-state index in [1.807, 2.05) is 0 Å². The Morgan fingerprint density at radius 2 is 1.85 bits per heavy atom. The van der Waals surface area contributed by atoms with Crippen LogP contribution in [0, 0.1) is 0 Å². The van der Waals surface area contributed by atoms with E-state index in [0.717, 1.165) is 25.4 Å². The van der Waals surface area contributed by atoms with Gasteiger partial charge in [-0.05, 0) is 62.0 Å². The van der Waals surface area contributed by atoms with Crippen molar-refractivity contribution in [3.05, 3.63) is 35.4 Å². The van der Waals surface area contributed by atoms with E-state index in [-0.39, 0.29) is 6.04 Å². The molecule has 0 radical (unpaired) electrons. The van der Waals surface area contributed by atoms with Gasteiger partial charge in [0.2, 0.25) is 0 Å². The van der Waals surface area contributed by atoms with Gasteiger partial charge >= 0.3 is 0 Å². The Balaban J connectivity index is 1.49. The van der Waals surface area contributed by atoms with E-state index >= 15 is 0 Å². The van der Waals surface area contributed by atoms with Crippen molar-refractivity contribution in [1.82, 2.24) is 0 Å². The number of rotatable bonds is 5. The Morgan fingerprint density at radius 1 is 1.05 bits per heavy atom. The quantitative estimate of drug-likeness (QED) is 0.868. The molecule has 1 saturated heterocycles. The Hall–Kier alpha value is -0.860. The molecule has 1 aliphatic heterocycles. The number of hydrogen-bond acceptors (Lipinski definition) is 2. The molecule has 2 fully saturated rings. The molecule has 2 heteroatoms. The Labute approximate surface area is 122 Å². The summed E-state index contributed by atoms with van der Waals surface area (Å²) in [6.07, 6.45) is 10.5. The highest BCUT2D eigenvalue weighted by Crippen LogP contribution is 2.36. The highest BCUT2D eigenvalue weighted by Gasteiger charge is 2.20. The summed E-state index contributed by atoms with van der Waals surface area (Å²) < 4.78 is 5.78. The highest BCUT2D eigenvalue weighted by atomic mass is 16.5. The predicted molar refractivity (Wildman–Crippen MR) is 82.8 cm³/mol. The Bertz CT molecular complexity index is 404. The lowest BCUT2D eigenvalue weighted by atomic mass is 9.80. The van der Waals surface area contributed by atoms with Gasteiger partial charge in [-0.15, -0.1) is 0 Å². The molecule has 2 N–H and O–H groups in total. The molecular weight excluding hydrogens is 246 g/mol. The topological polar surface area (TPSA) is 35.2 Å². The van der Waals surface area contributed by atoms with Crippen molar-refractivity contribution < 1.29 is 4.74 Å². The Morgan fingerprint density at radius 3 is 2.45 bits per heavy atom. The van der Waals surface area contributed by atoms with Crippen LogP contribution in [-0.2, 0) is 4.74 Å². The van der Waals surface area contributed by atoms with E-state index in [1.54, 1.807) is 0 Å². The van der Waals surface area contributed by atoms with E-state index in [2.05, 4.69) is 24.3 Å². The fourth-order valence-electron chi connectivity index (χ4n) is 3.32. The lowest BCUT2D eigenvalue weighted by Gasteiger charge is -2.26. The molecule has 2 unspecified atom stereocenters. The molecular formula is C18H27NO. The van der Waals surface area contributed by atoms with E-state index < -0.39 is 0 Å². The minimum Gasteiger partial charge on any atom is -0.378 e. The first-order valence-corrected chi connectivity index (χ1v) is 8.30. The maximum Gasteiger partial charge on any atom is 0.0575 e. The predicted octanol–water partition coefficient (Wildman–Crippen LogP) is 4.30. The summed E-state index contributed by atoms with van der Waals surface area (Å²) in [7, 11) is 0. The van der Waals surface area contributed by atoms with Crippen LogP contribution >= 0.6 is 0 Å². The fourth-order valence-corrected chi connectivity index (χ4v) is 3.32. The molecule has 1 heterocycles. The van der Waals surface area contributed by atoms with Crippen molar-refractivity contribution in [3.63, 3.8) is 0 Å². The number of ether oxygens (including phenoxy) is 1. The summed E-state index contributed by atoms with van der Waals surface area (Å²) in [5.41, 5.74) is 9.11. The smallest absolute Gasteiger partial charge is 0.0575 e. The maximum atomic E-state index is 6.33. The molecule has 2 aliphatic rings. The van der Waals surface area contributed by atoms with Gasteiger partial charge in [0.1, 0.15) is 0 Å². The molecule has 0 aromatic heterocycles. The molecule has 0 bridgehead atoms. The highest BCUT2D eigenvalue weighted by molar-refractivity contribution is 5.28. The SMILES string of the molecule is NC(CCC1CCCCO1)c1ccc(C2CCC2)cc1. The van der Waals surface area contributed by atoms with Gasteiger partial charge in [-0.2, -0.15) is 0 Å². The maximum absolute atomic E-state index is 6.33. The largest absolute Gasteiger partial charge is 0.378 e. The molecule has 1 aliphatic carbocycles. The minimum atomic E-state index is 0.163. The second-order valence-electron chi connectivity index (χ2n) is 6.47. The van der Waals surface area contributed by atoms with Crippen LogP contribution < -0.4 is 5.73 Å². The third kappa shape index (κ3) is 3.42. The van der Waals surface area contributed by atoms with Crippen LogP contribution in [0.2, 0.25) is 0 Å². The first kappa shape index (κ1) is 14.1. The van der Waals surface area contributed by atoms with Gasteiger partial charge in [-0.3, -0.25) is 0 Å². The number of benzene rings is 1. The average molecular weight is 273 g/mol. The minimum absolute atomic E-state index is 0.163. The first-order valence-electron chi connectivity index (χ1n) is 8.30. The first-order chi connectivity index (χ1) is 9.83. The standard InChI is InChI=1S/C18H27NO/c19-18(12-11-17-6-1-2-13-20-17)16-9-7-15(8-10-16)14-4-3-5-14/h7-10,14,17-18H,1-6,11-13,19H2. The van der Waals surface area contributed by atoms with E-state index in [0.29, 0.717) is 6.10 Å². The van der Waals surface area contributed by atoms with Crippen molar-refractivity contribution in [2.45, 2.75) is 69.4 Å². The van der Waals surface area contributed by atoms with Gasteiger partial charge in [0.25, 0.3) is 0 Å². The van der Waals surface area contributed by atoms with Crippen LogP contribution in [0.5, 0.6) is 0 Å². The second kappa shape index (κ2) is 6.73. The van der Waals surface area contributed by atoms with E-state index in [4.69, 9.17) is 10.5 Å². The van der Waals surface area contributed by atoms with Gasteiger partial charge in [-0.25, -0.2) is 0 Å². The summed E-state index contributed by atoms with van der Waals surface area (Å²) in [6.45, 7) is 0.940. The lowest BCUT2D eigenvalue weighted by molar-refractivity contribution is 0.00912. The molecule has 1 aromatic rings. The summed E-state index contributed by atoms with van der Waals surface area (Å²) in [6, 6.07) is 9.21. The molecule has 0 amide bonds. The van der Waals surface area contributed by atoms with Gasteiger partial charge in [0.05, 0.1) is 6.10 Å². The molecule has 1 aromatic carbocycles. The lowest BCUT2D eigenvalue weighted by Crippen LogP contribution is -2.21. The van der Waals surface area contributed by atoms with Crippen LogP contribution in [0.15, 0.2) is 24.3 Å². The Kier molecular flexibility index (Phi) is 4.74. The summed E-state index contributed by atoms with van der Waals surface area (Å²) in [4.78, 5) is 0. The van der Waals surface area contributed by atoms with Gasteiger partial charge in [0, 0.05) is 12.6 Å². The zero-order valence-electron chi connectivity index (χ0n) is 12.4. The molecule has 20 heavy (non-hydrogen) atoms. The van der Waals surface area contributed by atoms with Crippen LogP contribution in [0.4, 0.5) is 0 Å². The molecule has 1 saturated carbocycles. The van der Waals surface area contributed by atoms with Gasteiger partial charge in [0.15, 0.2) is 0 Å².